The second-order valence-electron chi connectivity index (χ2n) is 4.44. The average Bonchev–Trinajstić information content (AvgIpc) is 2.32. The summed E-state index contributed by atoms with van der Waals surface area (Å²) < 4.78 is 0. The van der Waals surface area contributed by atoms with Crippen molar-refractivity contribution >= 4 is 17.3 Å². The van der Waals surface area contributed by atoms with Gasteiger partial charge in [-0.25, -0.2) is 0 Å². The maximum absolute atomic E-state index is 5.83. The van der Waals surface area contributed by atoms with Crippen LogP contribution in [0.15, 0.2) is 24.3 Å². The minimum atomic E-state index is 0.784. The molecule has 0 unspecified atom stereocenters. The zero-order valence-corrected chi connectivity index (χ0v) is 11.6. The molecule has 0 bridgehead atoms. The summed E-state index contributed by atoms with van der Waals surface area (Å²) in [5.74, 6) is 0. The van der Waals surface area contributed by atoms with E-state index in [0.29, 0.717) is 0 Å². The first-order valence-electron chi connectivity index (χ1n) is 6.40. The van der Waals surface area contributed by atoms with Gasteiger partial charge in [0.25, 0.3) is 0 Å². The van der Waals surface area contributed by atoms with E-state index in [9.17, 15) is 0 Å². The summed E-state index contributed by atoms with van der Waals surface area (Å²) in [7, 11) is 2.18. The van der Waals surface area contributed by atoms with E-state index in [1.807, 2.05) is 24.3 Å². The summed E-state index contributed by atoms with van der Waals surface area (Å²) in [6.45, 7) is 5.48. The molecule has 0 spiro atoms. The van der Waals surface area contributed by atoms with Crippen molar-refractivity contribution in [2.45, 2.75) is 26.2 Å². The molecule has 0 atom stereocenters. The molecule has 1 N–H and O–H groups in total. The lowest BCUT2D eigenvalue weighted by Crippen LogP contribution is -2.26. The highest BCUT2D eigenvalue weighted by Gasteiger charge is 1.97. The van der Waals surface area contributed by atoms with Crippen molar-refractivity contribution in [1.29, 1.82) is 0 Å². The van der Waals surface area contributed by atoms with Crippen LogP contribution in [0.25, 0.3) is 0 Å². The van der Waals surface area contributed by atoms with Crippen LogP contribution in [-0.2, 0) is 0 Å². The molecule has 0 radical (unpaired) electrons. The second kappa shape index (κ2) is 8.37. The van der Waals surface area contributed by atoms with Gasteiger partial charge in [-0.2, -0.15) is 0 Å². The number of nitrogens with one attached hydrogen (secondary N) is 1. The van der Waals surface area contributed by atoms with Crippen molar-refractivity contribution in [1.82, 2.24) is 4.90 Å². The van der Waals surface area contributed by atoms with Crippen LogP contribution in [0, 0.1) is 0 Å². The molecule has 17 heavy (non-hydrogen) atoms. The van der Waals surface area contributed by atoms with Gasteiger partial charge in [0.15, 0.2) is 0 Å². The smallest absolute Gasteiger partial charge is 0.0407 e. The molecule has 0 heterocycles. The molecular formula is C14H23ClN2. The Morgan fingerprint density at radius 3 is 2.47 bits per heavy atom. The second-order valence-corrected chi connectivity index (χ2v) is 4.88. The van der Waals surface area contributed by atoms with E-state index in [2.05, 4.69) is 24.2 Å². The van der Waals surface area contributed by atoms with Gasteiger partial charge in [-0.3, -0.25) is 0 Å². The van der Waals surface area contributed by atoms with Crippen LogP contribution in [0.3, 0.4) is 0 Å². The number of unbranched alkanes of at least 4 members (excludes halogenated alkanes) is 2. The molecule has 0 aliphatic rings. The van der Waals surface area contributed by atoms with Crippen LogP contribution in [-0.4, -0.2) is 31.6 Å². The summed E-state index contributed by atoms with van der Waals surface area (Å²) in [4.78, 5) is 2.37. The number of anilines is 1. The predicted molar refractivity (Wildman–Crippen MR) is 77.0 cm³/mol. The topological polar surface area (TPSA) is 15.3 Å². The minimum absolute atomic E-state index is 0.784. The molecule has 1 aromatic carbocycles. The lowest BCUT2D eigenvalue weighted by atomic mass is 10.2. The number of rotatable bonds is 8. The molecule has 1 rings (SSSR count). The minimum Gasteiger partial charge on any atom is -0.384 e. The number of nitrogens with zero attached hydrogens (tertiary/aromatic N) is 1. The first-order chi connectivity index (χ1) is 8.22. The third-order valence-electron chi connectivity index (χ3n) is 2.81. The highest BCUT2D eigenvalue weighted by Crippen LogP contribution is 2.12. The molecule has 2 nitrogen and oxygen atoms in total. The van der Waals surface area contributed by atoms with Gasteiger partial charge in [0, 0.05) is 23.8 Å². The summed E-state index contributed by atoms with van der Waals surface area (Å²) in [6.07, 6.45) is 3.92. The van der Waals surface area contributed by atoms with Crippen LogP contribution in [0.4, 0.5) is 5.69 Å². The van der Waals surface area contributed by atoms with E-state index < -0.39 is 0 Å². The molecule has 96 valence electrons. The average molecular weight is 255 g/mol. The number of hydrogen-bond acceptors (Lipinski definition) is 2. The van der Waals surface area contributed by atoms with Crippen molar-refractivity contribution in [3.05, 3.63) is 29.3 Å². The first-order valence-corrected chi connectivity index (χ1v) is 6.78. The van der Waals surface area contributed by atoms with Gasteiger partial charge in [0.1, 0.15) is 0 Å². The van der Waals surface area contributed by atoms with Gasteiger partial charge in [-0.05, 0) is 44.3 Å². The van der Waals surface area contributed by atoms with Gasteiger partial charge >= 0.3 is 0 Å². The monoisotopic (exact) mass is 254 g/mol. The Morgan fingerprint density at radius 1 is 1.12 bits per heavy atom. The van der Waals surface area contributed by atoms with Crippen LogP contribution in [0.5, 0.6) is 0 Å². The molecule has 0 aromatic heterocycles. The van der Waals surface area contributed by atoms with Gasteiger partial charge in [-0.1, -0.05) is 31.4 Å². The standard InChI is InChI=1S/C14H23ClN2/c1-3-4-5-11-17(2)12-10-16-14-8-6-13(15)7-9-14/h6-9,16H,3-5,10-12H2,1-2H3. The fourth-order valence-corrected chi connectivity index (χ4v) is 1.83. The molecular weight excluding hydrogens is 232 g/mol. The quantitative estimate of drug-likeness (QED) is 0.709. The van der Waals surface area contributed by atoms with Gasteiger partial charge in [-0.15, -0.1) is 0 Å². The Labute approximate surface area is 110 Å². The summed E-state index contributed by atoms with van der Waals surface area (Å²) in [5.41, 5.74) is 1.14. The van der Waals surface area contributed by atoms with Crippen molar-refractivity contribution in [2.75, 3.05) is 32.0 Å². The Kier molecular flexibility index (Phi) is 7.06. The zero-order chi connectivity index (χ0) is 12.5. The molecule has 0 amide bonds. The van der Waals surface area contributed by atoms with Gasteiger partial charge in [0.2, 0.25) is 0 Å². The van der Waals surface area contributed by atoms with Crippen LogP contribution in [0.1, 0.15) is 26.2 Å². The van der Waals surface area contributed by atoms with Crippen molar-refractivity contribution in [2.24, 2.45) is 0 Å². The highest BCUT2D eigenvalue weighted by atomic mass is 35.5. The van der Waals surface area contributed by atoms with Gasteiger partial charge < -0.3 is 10.2 Å². The number of likely N-dealkylation sites (N-methyl/N-ethyl adjacent to an activating group) is 1. The molecule has 0 aliphatic carbocycles. The van der Waals surface area contributed by atoms with E-state index in [1.165, 1.54) is 25.8 Å². The first kappa shape index (κ1) is 14.3. The summed E-state index contributed by atoms with van der Waals surface area (Å²) in [5, 5.41) is 4.18. The van der Waals surface area contributed by atoms with E-state index >= 15 is 0 Å². The Bertz CT molecular complexity index is 298. The molecule has 3 heteroatoms. The van der Waals surface area contributed by atoms with Crippen molar-refractivity contribution in [3.8, 4) is 0 Å². The third-order valence-corrected chi connectivity index (χ3v) is 3.06. The zero-order valence-electron chi connectivity index (χ0n) is 10.9. The van der Waals surface area contributed by atoms with Crippen LogP contribution < -0.4 is 5.32 Å². The Hall–Kier alpha value is -0.730. The lowest BCUT2D eigenvalue weighted by Gasteiger charge is -2.17. The number of halogens is 1. The lowest BCUT2D eigenvalue weighted by molar-refractivity contribution is 0.337. The van der Waals surface area contributed by atoms with Gasteiger partial charge in [0.05, 0.1) is 0 Å². The Balaban J connectivity index is 2.12. The molecule has 1 aromatic rings. The van der Waals surface area contributed by atoms with E-state index in [4.69, 9.17) is 11.6 Å². The number of benzene rings is 1. The van der Waals surface area contributed by atoms with Crippen molar-refractivity contribution < 1.29 is 0 Å². The molecule has 0 saturated carbocycles. The third kappa shape index (κ3) is 6.54. The maximum Gasteiger partial charge on any atom is 0.0407 e. The summed E-state index contributed by atoms with van der Waals surface area (Å²) >= 11 is 5.83. The number of hydrogen-bond donors (Lipinski definition) is 1. The highest BCUT2D eigenvalue weighted by molar-refractivity contribution is 6.30. The molecule has 0 aliphatic heterocycles. The Morgan fingerprint density at radius 2 is 1.82 bits per heavy atom. The normalized spacial score (nSPS) is 10.8. The largest absolute Gasteiger partial charge is 0.384 e. The van der Waals surface area contributed by atoms with E-state index in [1.54, 1.807) is 0 Å². The van der Waals surface area contributed by atoms with Crippen molar-refractivity contribution in [3.63, 3.8) is 0 Å². The van der Waals surface area contributed by atoms with Crippen LogP contribution >= 0.6 is 11.6 Å². The SMILES string of the molecule is CCCCCN(C)CCNc1ccc(Cl)cc1. The molecule has 0 saturated heterocycles. The van der Waals surface area contributed by atoms with Crippen LogP contribution in [0.2, 0.25) is 5.02 Å². The summed E-state index contributed by atoms with van der Waals surface area (Å²) in [6, 6.07) is 7.85. The predicted octanol–water partition coefficient (Wildman–Crippen LogP) is 3.87. The fraction of sp³-hybridized carbons (Fsp3) is 0.571. The molecule has 0 fully saturated rings. The maximum atomic E-state index is 5.83. The van der Waals surface area contributed by atoms with E-state index in [0.717, 1.165) is 23.8 Å². The fourth-order valence-electron chi connectivity index (χ4n) is 1.70. The van der Waals surface area contributed by atoms with E-state index in [-0.39, 0.29) is 0 Å².